The van der Waals surface area contributed by atoms with E-state index in [0.717, 1.165) is 11.8 Å². The van der Waals surface area contributed by atoms with Crippen LogP contribution in [0.3, 0.4) is 0 Å². The number of rotatable bonds is 5. The first kappa shape index (κ1) is 12.3. The van der Waals surface area contributed by atoms with Crippen molar-refractivity contribution in [1.29, 1.82) is 0 Å². The normalized spacial score (nSPS) is 19.1. The number of anilines is 2. The van der Waals surface area contributed by atoms with Crippen LogP contribution in [0.15, 0.2) is 6.07 Å². The zero-order valence-electron chi connectivity index (χ0n) is 9.92. The first-order chi connectivity index (χ1) is 8.69. The van der Waals surface area contributed by atoms with Crippen LogP contribution in [0.4, 0.5) is 11.6 Å². The van der Waals surface area contributed by atoms with Crippen LogP contribution < -0.4 is 16.6 Å². The smallest absolute Gasteiger partial charge is 0.161 e. The van der Waals surface area contributed by atoms with E-state index < -0.39 is 0 Å². The molecular formula is C12H16Cl2N4. The first-order valence-corrected chi connectivity index (χ1v) is 7.04. The molecule has 3 rings (SSSR count). The lowest BCUT2D eigenvalue weighted by Gasteiger charge is -2.19. The van der Waals surface area contributed by atoms with Crippen LogP contribution in [0.25, 0.3) is 0 Å². The summed E-state index contributed by atoms with van der Waals surface area (Å²) in [6.07, 6.45) is 5.23. The van der Waals surface area contributed by atoms with Crippen molar-refractivity contribution in [3.05, 3.63) is 16.1 Å². The number of hydrogen-bond donors (Lipinski definition) is 3. The van der Waals surface area contributed by atoms with E-state index >= 15 is 0 Å². The van der Waals surface area contributed by atoms with Crippen molar-refractivity contribution >= 4 is 34.8 Å². The second-order valence-electron chi connectivity index (χ2n) is 5.14. The van der Waals surface area contributed by atoms with Gasteiger partial charge in [-0.05, 0) is 43.6 Å². The molecule has 1 aromatic heterocycles. The number of nitrogens with zero attached hydrogens (tertiary/aromatic N) is 1. The van der Waals surface area contributed by atoms with E-state index in [9.17, 15) is 0 Å². The van der Waals surface area contributed by atoms with Crippen LogP contribution in [0.5, 0.6) is 0 Å². The van der Waals surface area contributed by atoms with Crippen LogP contribution in [0.1, 0.15) is 25.7 Å². The van der Waals surface area contributed by atoms with E-state index in [-0.39, 0.29) is 0 Å². The molecule has 0 aliphatic heterocycles. The highest BCUT2D eigenvalue weighted by Crippen LogP contribution is 2.46. The summed E-state index contributed by atoms with van der Waals surface area (Å²) in [6, 6.07) is 2.17. The van der Waals surface area contributed by atoms with E-state index in [1.807, 2.05) is 0 Å². The van der Waals surface area contributed by atoms with Gasteiger partial charge in [0.1, 0.15) is 5.82 Å². The van der Waals surface area contributed by atoms with Crippen molar-refractivity contribution in [2.24, 2.45) is 17.7 Å². The quantitative estimate of drug-likeness (QED) is 0.574. The molecule has 0 saturated heterocycles. The van der Waals surface area contributed by atoms with Gasteiger partial charge in [-0.2, -0.15) is 0 Å². The number of halogens is 2. The fourth-order valence-corrected chi connectivity index (χ4v) is 2.83. The molecule has 0 bridgehead atoms. The standard InChI is InChI=1S/C12H16Cl2N4/c13-8-5-9(14)12(18-15)17-11(8)16-10(6-1-2-6)7-3-4-7/h5-7,10H,1-4,15H2,(H2,16,17,18). The van der Waals surface area contributed by atoms with E-state index in [0.29, 0.717) is 27.7 Å². The Kier molecular flexibility index (Phi) is 3.26. The van der Waals surface area contributed by atoms with Gasteiger partial charge in [-0.15, -0.1) is 0 Å². The SMILES string of the molecule is NNc1nc(NC(C2CC2)C2CC2)c(Cl)cc1Cl. The summed E-state index contributed by atoms with van der Waals surface area (Å²) in [6.45, 7) is 0. The van der Waals surface area contributed by atoms with Crippen molar-refractivity contribution in [2.75, 3.05) is 10.7 Å². The molecule has 0 atom stereocenters. The molecule has 6 heteroatoms. The molecule has 18 heavy (non-hydrogen) atoms. The van der Waals surface area contributed by atoms with Gasteiger partial charge in [0, 0.05) is 6.04 Å². The lowest BCUT2D eigenvalue weighted by atomic mass is 10.1. The number of hydrazine groups is 1. The van der Waals surface area contributed by atoms with Gasteiger partial charge in [0.2, 0.25) is 0 Å². The molecule has 4 nitrogen and oxygen atoms in total. The highest BCUT2D eigenvalue weighted by atomic mass is 35.5. The van der Waals surface area contributed by atoms with Gasteiger partial charge in [-0.25, -0.2) is 10.8 Å². The molecule has 1 heterocycles. The molecule has 1 aromatic rings. The Morgan fingerprint density at radius 3 is 2.17 bits per heavy atom. The summed E-state index contributed by atoms with van der Waals surface area (Å²) in [5.74, 6) is 8.06. The summed E-state index contributed by atoms with van der Waals surface area (Å²) in [7, 11) is 0. The highest BCUT2D eigenvalue weighted by molar-refractivity contribution is 6.37. The van der Waals surface area contributed by atoms with Crippen molar-refractivity contribution in [2.45, 2.75) is 31.7 Å². The largest absolute Gasteiger partial charge is 0.365 e. The van der Waals surface area contributed by atoms with E-state index in [2.05, 4.69) is 15.7 Å². The molecule has 0 spiro atoms. The molecule has 2 aliphatic rings. The number of hydrogen-bond acceptors (Lipinski definition) is 4. The monoisotopic (exact) mass is 286 g/mol. The molecule has 2 aliphatic carbocycles. The maximum Gasteiger partial charge on any atom is 0.161 e. The molecule has 2 saturated carbocycles. The Balaban J connectivity index is 1.82. The molecular weight excluding hydrogens is 271 g/mol. The fourth-order valence-electron chi connectivity index (χ4n) is 2.36. The van der Waals surface area contributed by atoms with Gasteiger partial charge in [-0.3, -0.25) is 0 Å². The molecule has 0 unspecified atom stereocenters. The third kappa shape index (κ3) is 2.51. The second kappa shape index (κ2) is 4.76. The van der Waals surface area contributed by atoms with Crippen molar-refractivity contribution < 1.29 is 0 Å². The Hall–Kier alpha value is -0.710. The van der Waals surface area contributed by atoms with Gasteiger partial charge in [-0.1, -0.05) is 23.2 Å². The summed E-state index contributed by atoms with van der Waals surface area (Å²) >= 11 is 12.1. The minimum absolute atomic E-state index is 0.433. The summed E-state index contributed by atoms with van der Waals surface area (Å²) in [4.78, 5) is 4.34. The van der Waals surface area contributed by atoms with Gasteiger partial charge in [0.25, 0.3) is 0 Å². The number of nitrogens with two attached hydrogens (primary N) is 1. The van der Waals surface area contributed by atoms with E-state index in [1.54, 1.807) is 6.07 Å². The Labute approximate surface area is 116 Å². The maximum atomic E-state index is 6.17. The van der Waals surface area contributed by atoms with Crippen molar-refractivity contribution in [1.82, 2.24) is 4.98 Å². The number of pyridine rings is 1. The number of nitrogens with one attached hydrogen (secondary N) is 2. The molecule has 0 aromatic carbocycles. The molecule has 98 valence electrons. The maximum absolute atomic E-state index is 6.17. The minimum atomic E-state index is 0.433. The van der Waals surface area contributed by atoms with Crippen LogP contribution in [-0.4, -0.2) is 11.0 Å². The summed E-state index contributed by atoms with van der Waals surface area (Å²) in [5, 5.41) is 4.46. The summed E-state index contributed by atoms with van der Waals surface area (Å²) < 4.78 is 0. The number of nitrogen functional groups attached to an aromatic ring is 1. The Morgan fingerprint density at radius 2 is 1.67 bits per heavy atom. The fraction of sp³-hybridized carbons (Fsp3) is 0.583. The molecule has 0 radical (unpaired) electrons. The van der Waals surface area contributed by atoms with Crippen LogP contribution in [0.2, 0.25) is 10.0 Å². The first-order valence-electron chi connectivity index (χ1n) is 6.28. The molecule has 4 N–H and O–H groups in total. The third-order valence-corrected chi connectivity index (χ3v) is 4.21. The number of aromatic nitrogens is 1. The Bertz CT molecular complexity index is 446. The van der Waals surface area contributed by atoms with Crippen molar-refractivity contribution in [3.8, 4) is 0 Å². The van der Waals surface area contributed by atoms with E-state index in [4.69, 9.17) is 29.0 Å². The average Bonchev–Trinajstić information content (AvgIpc) is 3.21. The Morgan fingerprint density at radius 1 is 1.11 bits per heavy atom. The van der Waals surface area contributed by atoms with Crippen LogP contribution in [0, 0.1) is 11.8 Å². The van der Waals surface area contributed by atoms with Crippen molar-refractivity contribution in [3.63, 3.8) is 0 Å². The predicted octanol–water partition coefficient (Wildman–Crippen LogP) is 3.27. The lowest BCUT2D eigenvalue weighted by molar-refractivity contribution is 0.566. The minimum Gasteiger partial charge on any atom is -0.365 e. The zero-order valence-corrected chi connectivity index (χ0v) is 11.4. The highest BCUT2D eigenvalue weighted by Gasteiger charge is 2.41. The summed E-state index contributed by atoms with van der Waals surface area (Å²) in [5.41, 5.74) is 2.48. The van der Waals surface area contributed by atoms with Crippen LogP contribution in [-0.2, 0) is 0 Å². The third-order valence-electron chi connectivity index (χ3n) is 3.63. The van der Waals surface area contributed by atoms with Gasteiger partial charge in [0.15, 0.2) is 5.82 Å². The van der Waals surface area contributed by atoms with Gasteiger partial charge in [0.05, 0.1) is 10.0 Å². The van der Waals surface area contributed by atoms with E-state index in [1.165, 1.54) is 25.7 Å². The van der Waals surface area contributed by atoms with Crippen LogP contribution >= 0.6 is 23.2 Å². The average molecular weight is 287 g/mol. The van der Waals surface area contributed by atoms with Gasteiger partial charge >= 0.3 is 0 Å². The molecule has 0 amide bonds. The zero-order chi connectivity index (χ0) is 12.7. The molecule has 2 fully saturated rings. The second-order valence-corrected chi connectivity index (χ2v) is 5.95. The van der Waals surface area contributed by atoms with Gasteiger partial charge < -0.3 is 10.7 Å². The lowest BCUT2D eigenvalue weighted by Crippen LogP contribution is -2.25. The predicted molar refractivity (Wildman–Crippen MR) is 74.9 cm³/mol. The topological polar surface area (TPSA) is 63.0 Å².